The van der Waals surface area contributed by atoms with Crippen molar-refractivity contribution in [1.82, 2.24) is 4.98 Å². The first kappa shape index (κ1) is 8.87. The van der Waals surface area contributed by atoms with Gasteiger partial charge < -0.3 is 5.73 Å². The Kier molecular flexibility index (Phi) is 1.84. The highest BCUT2D eigenvalue weighted by atomic mass is 19.1. The molecule has 0 amide bonds. The predicted octanol–water partition coefficient (Wildman–Crippen LogP) is 2.40. The molecule has 1 heterocycles. The molecule has 2 nitrogen and oxygen atoms in total. The molecule has 0 aliphatic heterocycles. The number of benzene rings is 1. The zero-order valence-corrected chi connectivity index (χ0v) is 7.51. The van der Waals surface area contributed by atoms with Gasteiger partial charge in [0.05, 0.1) is 10.9 Å². The fraction of sp³-hybridized carbons (Fsp3) is 0.100. The lowest BCUT2D eigenvalue weighted by Crippen LogP contribution is -1.95. The lowest BCUT2D eigenvalue weighted by molar-refractivity contribution is 0.591. The zero-order chi connectivity index (χ0) is 10.3. The Morgan fingerprint density at radius 1 is 1.21 bits per heavy atom. The molecule has 0 saturated heterocycles. The van der Waals surface area contributed by atoms with Crippen molar-refractivity contribution in [1.29, 1.82) is 0 Å². The monoisotopic (exact) mass is 194 g/mol. The second kappa shape index (κ2) is 2.90. The first-order valence-corrected chi connectivity index (χ1v) is 4.10. The van der Waals surface area contributed by atoms with Gasteiger partial charge in [0.2, 0.25) is 0 Å². The summed E-state index contributed by atoms with van der Waals surface area (Å²) in [5.74, 6) is -1.32. The molecular formula is C10H8F2N2. The Morgan fingerprint density at radius 3 is 2.64 bits per heavy atom. The maximum absolute atomic E-state index is 13.3. The average molecular weight is 194 g/mol. The van der Waals surface area contributed by atoms with Crippen molar-refractivity contribution in [2.24, 2.45) is 0 Å². The number of nitrogens with zero attached hydrogens (tertiary/aromatic N) is 1. The Hall–Kier alpha value is -1.71. The van der Waals surface area contributed by atoms with Gasteiger partial charge in [0.1, 0.15) is 11.6 Å². The van der Waals surface area contributed by atoms with Crippen LogP contribution < -0.4 is 5.73 Å². The molecule has 0 saturated carbocycles. The van der Waals surface area contributed by atoms with Crippen LogP contribution in [0.1, 0.15) is 5.69 Å². The van der Waals surface area contributed by atoms with Crippen LogP contribution in [0, 0.1) is 18.6 Å². The largest absolute Gasteiger partial charge is 0.398 e. The summed E-state index contributed by atoms with van der Waals surface area (Å²) in [5, 5.41) is 0.178. The summed E-state index contributed by atoms with van der Waals surface area (Å²) in [6.07, 6.45) is 0. The minimum Gasteiger partial charge on any atom is -0.398 e. The summed E-state index contributed by atoms with van der Waals surface area (Å²) in [6.45, 7) is 1.72. The van der Waals surface area contributed by atoms with Gasteiger partial charge in [-0.05, 0) is 13.0 Å². The standard InChI is InChI=1S/C10H8F2N2/c1-5-2-8(13)10-7(12)3-6(11)4-9(10)14-5/h2-4H,1H3,(H2,13,14). The molecule has 72 valence electrons. The molecule has 4 heteroatoms. The maximum Gasteiger partial charge on any atom is 0.137 e. The van der Waals surface area contributed by atoms with Crippen LogP contribution in [0.4, 0.5) is 14.5 Å². The van der Waals surface area contributed by atoms with Crippen LogP contribution in [0.5, 0.6) is 0 Å². The molecule has 2 rings (SSSR count). The topological polar surface area (TPSA) is 38.9 Å². The highest BCUT2D eigenvalue weighted by Gasteiger charge is 2.08. The third-order valence-corrected chi connectivity index (χ3v) is 1.98. The van der Waals surface area contributed by atoms with Gasteiger partial charge in [-0.25, -0.2) is 8.78 Å². The number of nitrogen functional groups attached to an aromatic ring is 1. The van der Waals surface area contributed by atoms with E-state index in [1.54, 1.807) is 13.0 Å². The third-order valence-electron chi connectivity index (χ3n) is 1.98. The summed E-state index contributed by atoms with van der Waals surface area (Å²) in [7, 11) is 0. The van der Waals surface area contributed by atoms with Crippen molar-refractivity contribution in [3.63, 3.8) is 0 Å². The van der Waals surface area contributed by atoms with E-state index in [-0.39, 0.29) is 16.6 Å². The summed E-state index contributed by atoms with van der Waals surface area (Å²) >= 11 is 0. The molecule has 1 aromatic carbocycles. The number of pyridine rings is 1. The highest BCUT2D eigenvalue weighted by Crippen LogP contribution is 2.24. The number of hydrogen-bond acceptors (Lipinski definition) is 2. The quantitative estimate of drug-likeness (QED) is 0.699. The fourth-order valence-corrected chi connectivity index (χ4v) is 1.45. The van der Waals surface area contributed by atoms with Gasteiger partial charge in [0.25, 0.3) is 0 Å². The van der Waals surface area contributed by atoms with Gasteiger partial charge in [0.15, 0.2) is 0 Å². The van der Waals surface area contributed by atoms with Crippen LogP contribution in [0.2, 0.25) is 0 Å². The highest BCUT2D eigenvalue weighted by molar-refractivity contribution is 5.90. The van der Waals surface area contributed by atoms with Gasteiger partial charge in [-0.15, -0.1) is 0 Å². The van der Waals surface area contributed by atoms with Gasteiger partial charge in [-0.2, -0.15) is 0 Å². The molecule has 2 aromatic rings. The van der Waals surface area contributed by atoms with Crippen molar-refractivity contribution in [3.8, 4) is 0 Å². The number of aromatic nitrogens is 1. The molecule has 1 aromatic heterocycles. The number of hydrogen-bond donors (Lipinski definition) is 1. The van der Waals surface area contributed by atoms with E-state index >= 15 is 0 Å². The van der Waals surface area contributed by atoms with E-state index in [1.165, 1.54) is 6.07 Å². The molecule has 0 atom stereocenters. The number of fused-ring (bicyclic) bond motifs is 1. The van der Waals surface area contributed by atoms with E-state index in [0.29, 0.717) is 5.69 Å². The number of nitrogens with two attached hydrogens (primary N) is 1. The van der Waals surface area contributed by atoms with Crippen LogP contribution in [0.25, 0.3) is 10.9 Å². The Bertz CT molecular complexity index is 466. The molecule has 0 spiro atoms. The Morgan fingerprint density at radius 2 is 1.93 bits per heavy atom. The fourth-order valence-electron chi connectivity index (χ4n) is 1.45. The van der Waals surface area contributed by atoms with E-state index in [1.807, 2.05) is 0 Å². The molecule has 0 aliphatic rings. The molecule has 0 unspecified atom stereocenters. The molecule has 0 aliphatic carbocycles. The number of aryl methyl sites for hydroxylation is 1. The van der Waals surface area contributed by atoms with E-state index in [0.717, 1.165) is 6.07 Å². The molecule has 2 N–H and O–H groups in total. The lowest BCUT2D eigenvalue weighted by atomic mass is 10.1. The van der Waals surface area contributed by atoms with Crippen molar-refractivity contribution in [3.05, 3.63) is 35.5 Å². The molecule has 0 bridgehead atoms. The number of halogens is 2. The van der Waals surface area contributed by atoms with Crippen LogP contribution in [0.15, 0.2) is 18.2 Å². The van der Waals surface area contributed by atoms with Crippen molar-refractivity contribution in [2.75, 3.05) is 5.73 Å². The lowest BCUT2D eigenvalue weighted by Gasteiger charge is -2.04. The van der Waals surface area contributed by atoms with Crippen molar-refractivity contribution < 1.29 is 8.78 Å². The van der Waals surface area contributed by atoms with Gasteiger partial charge in [-0.1, -0.05) is 0 Å². The second-order valence-corrected chi connectivity index (χ2v) is 3.13. The second-order valence-electron chi connectivity index (χ2n) is 3.13. The van der Waals surface area contributed by atoms with Crippen LogP contribution in [0.3, 0.4) is 0 Å². The van der Waals surface area contributed by atoms with E-state index in [4.69, 9.17) is 5.73 Å². The first-order valence-electron chi connectivity index (χ1n) is 4.10. The number of rotatable bonds is 0. The Labute approximate surface area is 79.4 Å². The van der Waals surface area contributed by atoms with Gasteiger partial charge >= 0.3 is 0 Å². The SMILES string of the molecule is Cc1cc(N)c2c(F)cc(F)cc2n1. The minimum absolute atomic E-state index is 0.178. The van der Waals surface area contributed by atoms with Crippen molar-refractivity contribution in [2.45, 2.75) is 6.92 Å². The molecular weight excluding hydrogens is 186 g/mol. The molecule has 14 heavy (non-hydrogen) atoms. The van der Waals surface area contributed by atoms with Crippen molar-refractivity contribution >= 4 is 16.6 Å². The first-order chi connectivity index (χ1) is 6.58. The summed E-state index contributed by atoms with van der Waals surface area (Å²) in [4.78, 5) is 4.00. The maximum atomic E-state index is 13.3. The smallest absolute Gasteiger partial charge is 0.137 e. The summed E-state index contributed by atoms with van der Waals surface area (Å²) in [6, 6.07) is 3.53. The number of anilines is 1. The van der Waals surface area contributed by atoms with E-state index in [9.17, 15) is 8.78 Å². The zero-order valence-electron chi connectivity index (χ0n) is 7.51. The molecule has 0 radical (unpaired) electrons. The van der Waals surface area contributed by atoms with Gasteiger partial charge in [-0.3, -0.25) is 4.98 Å². The predicted molar refractivity (Wildman–Crippen MR) is 50.8 cm³/mol. The normalized spacial score (nSPS) is 10.8. The molecule has 0 fully saturated rings. The average Bonchev–Trinajstić information content (AvgIpc) is 1.99. The van der Waals surface area contributed by atoms with E-state index < -0.39 is 11.6 Å². The van der Waals surface area contributed by atoms with Crippen LogP contribution in [-0.2, 0) is 0 Å². The van der Waals surface area contributed by atoms with Crippen LogP contribution in [-0.4, -0.2) is 4.98 Å². The summed E-state index contributed by atoms with van der Waals surface area (Å²) in [5.41, 5.74) is 6.78. The summed E-state index contributed by atoms with van der Waals surface area (Å²) < 4.78 is 26.1. The van der Waals surface area contributed by atoms with Crippen LogP contribution >= 0.6 is 0 Å². The van der Waals surface area contributed by atoms with E-state index in [2.05, 4.69) is 4.98 Å². The minimum atomic E-state index is -0.676. The third kappa shape index (κ3) is 1.28. The Balaban J connectivity index is 2.94. The van der Waals surface area contributed by atoms with Gasteiger partial charge in [0, 0.05) is 23.5 Å².